The molecule has 1 aromatic carbocycles. The van der Waals surface area contributed by atoms with E-state index in [1.54, 1.807) is 12.1 Å². The zero-order valence-electron chi connectivity index (χ0n) is 16.8. The van der Waals surface area contributed by atoms with Crippen molar-refractivity contribution < 1.29 is 13.9 Å². The van der Waals surface area contributed by atoms with E-state index < -0.39 is 0 Å². The number of nitrogens with zero attached hydrogens (tertiary/aromatic N) is 4. The number of ether oxygens (including phenoxy) is 1. The number of rotatable bonds is 3. The second kappa shape index (κ2) is 7.24. The number of hydrogen-bond donors (Lipinski definition) is 1. The van der Waals surface area contributed by atoms with Crippen molar-refractivity contribution in [3.05, 3.63) is 40.9 Å². The first kappa shape index (κ1) is 19.3. The minimum Gasteiger partial charge on any atom is -0.381 e. The molecule has 5 rings (SSSR count). The average Bonchev–Trinajstić information content (AvgIpc) is 3.28. The van der Waals surface area contributed by atoms with E-state index in [9.17, 15) is 9.18 Å². The van der Waals surface area contributed by atoms with Crippen molar-refractivity contribution in [3.63, 3.8) is 0 Å². The number of nitrogens with one attached hydrogen (secondary N) is 1. The number of benzene rings is 1. The third-order valence-corrected chi connectivity index (χ3v) is 6.68. The molecule has 7 nitrogen and oxygen atoms in total. The van der Waals surface area contributed by atoms with Crippen molar-refractivity contribution in [2.75, 3.05) is 24.7 Å². The van der Waals surface area contributed by atoms with E-state index >= 15 is 0 Å². The van der Waals surface area contributed by atoms with Gasteiger partial charge in [0, 0.05) is 36.9 Å². The largest absolute Gasteiger partial charge is 0.381 e. The van der Waals surface area contributed by atoms with Crippen molar-refractivity contribution in [2.24, 2.45) is 0 Å². The minimum atomic E-state index is -0.253. The smallest absolute Gasteiger partial charge is 0.280 e. The Balaban J connectivity index is 1.50. The number of fused-ring (bicyclic) bond motifs is 2. The summed E-state index contributed by atoms with van der Waals surface area (Å²) >= 11 is 1.26. The van der Waals surface area contributed by atoms with E-state index in [0.29, 0.717) is 40.9 Å². The maximum Gasteiger partial charge on any atom is 0.280 e. The Hall–Kier alpha value is -2.65. The number of thiazole rings is 1. The Bertz CT molecular complexity index is 1130. The fourth-order valence-corrected chi connectivity index (χ4v) is 4.97. The van der Waals surface area contributed by atoms with E-state index in [2.05, 4.69) is 34.1 Å². The summed E-state index contributed by atoms with van der Waals surface area (Å²) in [6.07, 6.45) is 3.10. The predicted octanol–water partition coefficient (Wildman–Crippen LogP) is 3.56. The molecular weight excluding hydrogens is 405 g/mol. The monoisotopic (exact) mass is 427 g/mol. The van der Waals surface area contributed by atoms with Gasteiger partial charge >= 0.3 is 0 Å². The number of anilines is 2. The van der Waals surface area contributed by atoms with Gasteiger partial charge in [-0.25, -0.2) is 19.3 Å². The summed E-state index contributed by atoms with van der Waals surface area (Å²) < 4.78 is 19.2. The molecule has 0 spiro atoms. The Kier molecular flexibility index (Phi) is 4.67. The van der Waals surface area contributed by atoms with Crippen LogP contribution in [0.4, 0.5) is 15.9 Å². The fraction of sp³-hybridized carbons (Fsp3) is 0.429. The van der Waals surface area contributed by atoms with Gasteiger partial charge in [-0.15, -0.1) is 0 Å². The highest BCUT2D eigenvalue weighted by Gasteiger charge is 2.37. The van der Waals surface area contributed by atoms with Crippen LogP contribution in [0.2, 0.25) is 0 Å². The lowest BCUT2D eigenvalue weighted by molar-refractivity contribution is 0.0696. The third-order valence-electron chi connectivity index (χ3n) is 5.71. The SMILES string of the molecule is CC1(C)CN(c2ncnc3sc(C(=O)NC4CCOCC4)nc23)c2ccc(F)cc21. The summed E-state index contributed by atoms with van der Waals surface area (Å²) in [5.41, 5.74) is 2.19. The number of hydrogen-bond acceptors (Lipinski definition) is 7. The first-order chi connectivity index (χ1) is 14.4. The van der Waals surface area contributed by atoms with E-state index in [1.807, 2.05) is 4.90 Å². The van der Waals surface area contributed by atoms with Gasteiger partial charge < -0.3 is 15.0 Å². The molecule has 30 heavy (non-hydrogen) atoms. The number of aromatic nitrogens is 3. The van der Waals surface area contributed by atoms with Crippen LogP contribution >= 0.6 is 11.3 Å². The Morgan fingerprint density at radius 2 is 2.10 bits per heavy atom. The van der Waals surface area contributed by atoms with E-state index in [0.717, 1.165) is 24.1 Å². The summed E-state index contributed by atoms with van der Waals surface area (Å²) in [6.45, 7) is 6.12. The molecular formula is C21H22FN5O2S. The van der Waals surface area contributed by atoms with E-state index in [-0.39, 0.29) is 23.2 Å². The van der Waals surface area contributed by atoms with Crippen LogP contribution in [0.15, 0.2) is 24.5 Å². The zero-order valence-corrected chi connectivity index (χ0v) is 17.6. The highest BCUT2D eigenvalue weighted by atomic mass is 32.1. The van der Waals surface area contributed by atoms with Crippen molar-refractivity contribution >= 4 is 39.1 Å². The lowest BCUT2D eigenvalue weighted by Crippen LogP contribution is -2.38. The highest BCUT2D eigenvalue weighted by Crippen LogP contribution is 2.45. The Labute approximate surface area is 177 Å². The van der Waals surface area contributed by atoms with Gasteiger partial charge in [0.15, 0.2) is 10.8 Å². The van der Waals surface area contributed by atoms with Crippen molar-refractivity contribution in [2.45, 2.75) is 38.1 Å². The maximum absolute atomic E-state index is 13.9. The normalized spacial score (nSPS) is 18.6. The van der Waals surface area contributed by atoms with Crippen molar-refractivity contribution in [1.82, 2.24) is 20.3 Å². The first-order valence-electron chi connectivity index (χ1n) is 10.00. The van der Waals surface area contributed by atoms with Gasteiger partial charge in [0.05, 0.1) is 0 Å². The summed E-state index contributed by atoms with van der Waals surface area (Å²) in [4.78, 5) is 28.8. The lowest BCUT2D eigenvalue weighted by atomic mass is 9.87. The first-order valence-corrected chi connectivity index (χ1v) is 10.8. The van der Waals surface area contributed by atoms with Gasteiger partial charge in [0.25, 0.3) is 5.91 Å². The summed E-state index contributed by atoms with van der Waals surface area (Å²) in [5, 5.41) is 3.42. The Morgan fingerprint density at radius 1 is 1.30 bits per heavy atom. The molecule has 0 saturated carbocycles. The second-order valence-corrected chi connectivity index (χ2v) is 9.34. The number of carbonyl (C=O) groups excluding carboxylic acids is 1. The molecule has 0 radical (unpaired) electrons. The topological polar surface area (TPSA) is 80.2 Å². The van der Waals surface area contributed by atoms with Crippen LogP contribution in [-0.2, 0) is 10.2 Å². The van der Waals surface area contributed by atoms with Crippen LogP contribution in [0.25, 0.3) is 10.3 Å². The number of halogens is 1. The minimum absolute atomic E-state index is 0.102. The molecule has 9 heteroatoms. The molecule has 4 heterocycles. The highest BCUT2D eigenvalue weighted by molar-refractivity contribution is 7.20. The molecule has 3 aromatic rings. The molecule has 1 fully saturated rings. The summed E-state index contributed by atoms with van der Waals surface area (Å²) in [5.74, 6) is 0.192. The van der Waals surface area contributed by atoms with Crippen LogP contribution in [0.1, 0.15) is 42.1 Å². The molecule has 0 atom stereocenters. The lowest BCUT2D eigenvalue weighted by Gasteiger charge is -2.22. The molecule has 1 N–H and O–H groups in total. The maximum atomic E-state index is 13.9. The van der Waals surface area contributed by atoms with Crippen LogP contribution in [-0.4, -0.2) is 46.7 Å². The van der Waals surface area contributed by atoms with Gasteiger partial charge in [-0.3, -0.25) is 4.79 Å². The van der Waals surface area contributed by atoms with E-state index in [1.165, 1.54) is 23.7 Å². The van der Waals surface area contributed by atoms with Crippen molar-refractivity contribution in [1.29, 1.82) is 0 Å². The molecule has 1 saturated heterocycles. The predicted molar refractivity (Wildman–Crippen MR) is 113 cm³/mol. The molecule has 2 aliphatic heterocycles. The molecule has 1 amide bonds. The summed E-state index contributed by atoms with van der Waals surface area (Å²) in [7, 11) is 0. The zero-order chi connectivity index (χ0) is 20.9. The van der Waals surface area contributed by atoms with Gasteiger partial charge in [-0.1, -0.05) is 25.2 Å². The van der Waals surface area contributed by atoms with Crippen LogP contribution in [0.5, 0.6) is 0 Å². The fourth-order valence-electron chi connectivity index (χ4n) is 4.17. The second-order valence-electron chi connectivity index (χ2n) is 8.36. The molecule has 2 aliphatic rings. The van der Waals surface area contributed by atoms with Gasteiger partial charge in [-0.2, -0.15) is 0 Å². The van der Waals surface area contributed by atoms with Crippen LogP contribution in [0.3, 0.4) is 0 Å². The molecule has 0 unspecified atom stereocenters. The van der Waals surface area contributed by atoms with Crippen LogP contribution in [0, 0.1) is 5.82 Å². The molecule has 2 aromatic heterocycles. The quantitative estimate of drug-likeness (QED) is 0.688. The summed E-state index contributed by atoms with van der Waals surface area (Å²) in [6, 6.07) is 4.92. The average molecular weight is 428 g/mol. The third kappa shape index (κ3) is 3.31. The van der Waals surface area contributed by atoms with Gasteiger partial charge in [0.2, 0.25) is 0 Å². The number of carbonyl (C=O) groups is 1. The van der Waals surface area contributed by atoms with Gasteiger partial charge in [-0.05, 0) is 36.6 Å². The van der Waals surface area contributed by atoms with Crippen molar-refractivity contribution in [3.8, 4) is 0 Å². The van der Waals surface area contributed by atoms with Crippen LogP contribution < -0.4 is 10.2 Å². The molecule has 0 bridgehead atoms. The standard InChI is InChI=1S/C21H22FN5O2S/c1-21(2)10-27(15-4-3-12(22)9-14(15)21)17-16-19(24-11-23-17)30-20(26-16)18(28)25-13-5-7-29-8-6-13/h3-4,9,11,13H,5-8,10H2,1-2H3,(H,25,28). The number of amides is 1. The molecule has 156 valence electrons. The van der Waals surface area contributed by atoms with E-state index in [4.69, 9.17) is 4.74 Å². The Morgan fingerprint density at radius 3 is 2.90 bits per heavy atom. The van der Waals surface area contributed by atoms with Gasteiger partial charge in [0.1, 0.15) is 22.5 Å². The molecule has 0 aliphatic carbocycles.